The molecule has 2 aromatic rings. The third-order valence-electron chi connectivity index (χ3n) is 2.81. The number of anilines is 2. The lowest BCUT2D eigenvalue weighted by molar-refractivity contribution is 0.868. The van der Waals surface area contributed by atoms with Crippen LogP contribution in [-0.4, -0.2) is 0 Å². The summed E-state index contributed by atoms with van der Waals surface area (Å²) < 4.78 is 0. The molecule has 0 bridgehead atoms. The second kappa shape index (κ2) is 10.4. The molecule has 0 saturated heterocycles. The zero-order valence-electron chi connectivity index (χ0n) is 14.1. The summed E-state index contributed by atoms with van der Waals surface area (Å²) >= 11 is 0. The number of rotatable bonds is 2. The highest BCUT2D eigenvalue weighted by atomic mass is 16.3. The topological polar surface area (TPSA) is 81.5 Å². The number of nitrogens with zero attached hydrogens (tertiary/aromatic N) is 1. The first-order valence-corrected chi connectivity index (χ1v) is 7.48. The van der Waals surface area contributed by atoms with E-state index in [1.807, 2.05) is 45.0 Å². The van der Waals surface area contributed by atoms with Crippen molar-refractivity contribution in [3.8, 4) is 0 Å². The molecule has 4 N–H and O–H groups in total. The Morgan fingerprint density at radius 3 is 1.73 bits per heavy atom. The molecule has 0 amide bonds. The molecular weight excluding hydrogens is 274 g/mol. The molecule has 0 spiro atoms. The van der Waals surface area contributed by atoms with E-state index in [1.165, 1.54) is 5.56 Å². The summed E-state index contributed by atoms with van der Waals surface area (Å²) in [5, 5.41) is 2.76. The molecule has 0 fully saturated rings. The van der Waals surface area contributed by atoms with Gasteiger partial charge in [0.25, 0.3) is 0 Å². The third kappa shape index (κ3) is 7.43. The van der Waals surface area contributed by atoms with Gasteiger partial charge in [-0.15, -0.1) is 4.91 Å². The fourth-order valence-corrected chi connectivity index (χ4v) is 1.64. The van der Waals surface area contributed by atoms with Gasteiger partial charge in [0.05, 0.1) is 0 Å². The Labute approximate surface area is 133 Å². The van der Waals surface area contributed by atoms with Crippen LogP contribution in [0, 0.1) is 11.8 Å². The molecule has 0 heterocycles. The molecule has 0 unspecified atom stereocenters. The van der Waals surface area contributed by atoms with Gasteiger partial charge >= 0.3 is 0 Å². The number of hydrogen-bond donors (Lipinski definition) is 2. The third-order valence-corrected chi connectivity index (χ3v) is 2.81. The van der Waals surface area contributed by atoms with E-state index in [-0.39, 0.29) is 0 Å². The van der Waals surface area contributed by atoms with E-state index in [0.29, 0.717) is 11.6 Å². The number of nitrogens with two attached hydrogens (primary N) is 2. The quantitative estimate of drug-likeness (QED) is 0.576. The highest BCUT2D eigenvalue weighted by molar-refractivity contribution is 5.54. The van der Waals surface area contributed by atoms with E-state index in [2.05, 4.69) is 19.0 Å². The summed E-state index contributed by atoms with van der Waals surface area (Å²) in [7, 11) is 0. The molecule has 0 atom stereocenters. The van der Waals surface area contributed by atoms with Crippen molar-refractivity contribution in [3.63, 3.8) is 0 Å². The van der Waals surface area contributed by atoms with Crippen molar-refractivity contribution < 1.29 is 0 Å². The van der Waals surface area contributed by atoms with Crippen molar-refractivity contribution in [3.05, 3.63) is 58.5 Å². The first-order valence-electron chi connectivity index (χ1n) is 7.48. The highest BCUT2D eigenvalue weighted by Gasteiger charge is 1.99. The van der Waals surface area contributed by atoms with Crippen molar-refractivity contribution in [2.45, 2.75) is 40.5 Å². The maximum absolute atomic E-state index is 9.87. The van der Waals surface area contributed by atoms with Crippen molar-refractivity contribution in [2.75, 3.05) is 11.5 Å². The zero-order valence-corrected chi connectivity index (χ0v) is 14.1. The van der Waals surface area contributed by atoms with Crippen LogP contribution in [0.25, 0.3) is 0 Å². The van der Waals surface area contributed by atoms with Gasteiger partial charge in [0.15, 0.2) is 0 Å². The minimum absolute atomic E-state index is 0.487. The smallest absolute Gasteiger partial charge is 0.108 e. The highest BCUT2D eigenvalue weighted by Crippen LogP contribution is 2.20. The van der Waals surface area contributed by atoms with Crippen LogP contribution in [0.15, 0.2) is 47.6 Å². The Bertz CT molecular complexity index is 543. The van der Waals surface area contributed by atoms with Crippen LogP contribution in [0.1, 0.15) is 44.7 Å². The lowest BCUT2D eigenvalue weighted by Gasteiger charge is -2.06. The number of aryl methyl sites for hydroxylation is 1. The molecule has 22 heavy (non-hydrogen) atoms. The molecular formula is C18H27N3O. The summed E-state index contributed by atoms with van der Waals surface area (Å²) in [4.78, 5) is 9.87. The van der Waals surface area contributed by atoms with Crippen molar-refractivity contribution in [1.29, 1.82) is 0 Å². The Hall–Kier alpha value is -2.36. The normalized spacial score (nSPS) is 9.18. The van der Waals surface area contributed by atoms with E-state index in [4.69, 9.17) is 11.5 Å². The average Bonchev–Trinajstić information content (AvgIpc) is 2.50. The lowest BCUT2D eigenvalue weighted by Crippen LogP contribution is -1.94. The summed E-state index contributed by atoms with van der Waals surface area (Å²) in [5.74, 6) is 0.487. The molecule has 0 aliphatic heterocycles. The summed E-state index contributed by atoms with van der Waals surface area (Å²) in [6.45, 7) is 10.2. The van der Waals surface area contributed by atoms with Crippen LogP contribution in [-0.2, 0) is 0 Å². The van der Waals surface area contributed by atoms with Gasteiger partial charge in [-0.1, -0.05) is 45.4 Å². The SMILES string of the molecule is CC.CC(C)c1cc(N)cc(N)c1.Cc1ccc(N=O)cc1. The molecule has 4 nitrogen and oxygen atoms in total. The second-order valence-corrected chi connectivity index (χ2v) is 5.01. The largest absolute Gasteiger partial charge is 0.399 e. The zero-order chi connectivity index (χ0) is 17.1. The maximum Gasteiger partial charge on any atom is 0.108 e. The molecule has 120 valence electrons. The average molecular weight is 301 g/mol. The fraction of sp³-hybridized carbons (Fsp3) is 0.333. The second-order valence-electron chi connectivity index (χ2n) is 5.01. The van der Waals surface area contributed by atoms with Gasteiger partial charge in [-0.3, -0.25) is 0 Å². The van der Waals surface area contributed by atoms with Gasteiger partial charge in [0.1, 0.15) is 5.69 Å². The number of benzene rings is 2. The Balaban J connectivity index is 0.000000366. The molecule has 0 aliphatic rings. The molecule has 4 heteroatoms. The predicted octanol–water partition coefficient (Wildman–Crippen LogP) is 5.39. The standard InChI is InChI=1S/C9H14N2.C7H7NO.C2H6/c1-6(2)7-3-8(10)5-9(11)4-7;1-6-2-4-7(8-9)5-3-6;1-2/h3-6H,10-11H2,1-2H3;2-5H,1H3;1-2H3. The van der Waals surface area contributed by atoms with E-state index in [0.717, 1.165) is 16.9 Å². The molecule has 0 radical (unpaired) electrons. The van der Waals surface area contributed by atoms with E-state index in [1.54, 1.807) is 18.2 Å². The Kier molecular flexibility index (Phi) is 9.27. The Morgan fingerprint density at radius 2 is 1.36 bits per heavy atom. The van der Waals surface area contributed by atoms with Crippen molar-refractivity contribution >= 4 is 17.1 Å². The summed E-state index contributed by atoms with van der Waals surface area (Å²) in [6, 6.07) is 12.8. The van der Waals surface area contributed by atoms with E-state index < -0.39 is 0 Å². The summed E-state index contributed by atoms with van der Waals surface area (Å²) in [5.41, 5.74) is 15.5. The first-order chi connectivity index (χ1) is 10.4. The number of hydrogen-bond acceptors (Lipinski definition) is 4. The van der Waals surface area contributed by atoms with Crippen LogP contribution >= 0.6 is 0 Å². The van der Waals surface area contributed by atoms with Gasteiger partial charge in [0.2, 0.25) is 0 Å². The van der Waals surface area contributed by atoms with Crippen LogP contribution in [0.2, 0.25) is 0 Å². The van der Waals surface area contributed by atoms with Crippen LogP contribution in [0.5, 0.6) is 0 Å². The molecule has 0 aliphatic carbocycles. The minimum atomic E-state index is 0.487. The molecule has 0 aromatic heterocycles. The summed E-state index contributed by atoms with van der Waals surface area (Å²) in [6.07, 6.45) is 0. The number of nitroso groups, excluding NO2 is 1. The van der Waals surface area contributed by atoms with Crippen LogP contribution in [0.3, 0.4) is 0 Å². The van der Waals surface area contributed by atoms with E-state index >= 15 is 0 Å². The van der Waals surface area contributed by atoms with E-state index in [9.17, 15) is 4.91 Å². The van der Waals surface area contributed by atoms with Gasteiger partial charge in [-0.05, 0) is 53.9 Å². The minimum Gasteiger partial charge on any atom is -0.399 e. The Morgan fingerprint density at radius 1 is 0.909 bits per heavy atom. The lowest BCUT2D eigenvalue weighted by atomic mass is 10.0. The van der Waals surface area contributed by atoms with Gasteiger partial charge in [-0.25, -0.2) is 0 Å². The maximum atomic E-state index is 9.87. The van der Waals surface area contributed by atoms with Gasteiger partial charge < -0.3 is 11.5 Å². The van der Waals surface area contributed by atoms with Crippen LogP contribution < -0.4 is 11.5 Å². The van der Waals surface area contributed by atoms with Gasteiger partial charge in [-0.2, -0.15) is 0 Å². The van der Waals surface area contributed by atoms with Crippen molar-refractivity contribution in [1.82, 2.24) is 0 Å². The monoisotopic (exact) mass is 301 g/mol. The molecule has 2 rings (SSSR count). The molecule has 0 saturated carbocycles. The number of nitrogen functional groups attached to an aromatic ring is 2. The van der Waals surface area contributed by atoms with Gasteiger partial charge in [0, 0.05) is 11.4 Å². The van der Waals surface area contributed by atoms with Crippen molar-refractivity contribution in [2.24, 2.45) is 5.18 Å². The fourth-order valence-electron chi connectivity index (χ4n) is 1.64. The molecule has 2 aromatic carbocycles. The first kappa shape index (κ1) is 19.6. The predicted molar refractivity (Wildman–Crippen MR) is 97.3 cm³/mol. The van der Waals surface area contributed by atoms with Crippen LogP contribution in [0.4, 0.5) is 17.1 Å².